The van der Waals surface area contributed by atoms with Crippen LogP contribution in [0, 0.1) is 0 Å². The average molecular weight is 250 g/mol. The van der Waals surface area contributed by atoms with E-state index in [1.165, 1.54) is 0 Å². The Morgan fingerprint density at radius 3 is 2.58 bits per heavy atom. The van der Waals surface area contributed by atoms with Gasteiger partial charge in [-0.15, -0.1) is 0 Å². The van der Waals surface area contributed by atoms with Crippen LogP contribution in [0.15, 0.2) is 53.3 Å². The summed E-state index contributed by atoms with van der Waals surface area (Å²) in [6.07, 6.45) is 0. The van der Waals surface area contributed by atoms with E-state index < -0.39 is 0 Å². The maximum atomic E-state index is 12.1. The maximum absolute atomic E-state index is 12.1. The molecule has 0 aliphatic rings. The van der Waals surface area contributed by atoms with Gasteiger partial charge in [0.15, 0.2) is 5.82 Å². The normalized spacial score (nSPS) is 11.4. The Kier molecular flexibility index (Phi) is 1.91. The average Bonchev–Trinajstić information content (AvgIpc) is 2.98. The molecule has 4 rings (SSSR count). The molecule has 5 heteroatoms. The van der Waals surface area contributed by atoms with Crippen molar-refractivity contribution in [3.8, 4) is 5.82 Å². The number of para-hydroxylation sites is 3. The summed E-state index contributed by atoms with van der Waals surface area (Å²) in [7, 11) is 0. The quantitative estimate of drug-likeness (QED) is 0.544. The number of fused-ring (bicyclic) bond motifs is 2. The molecule has 0 amide bonds. The standard InChI is InChI=1S/C14H10N4O/c19-14-15-11-7-3-4-8-12(11)18(14)13-9-5-1-2-6-10(9)16-17-13/h1-8H,(H,15,19)(H,16,17). The molecule has 2 heterocycles. The molecular weight excluding hydrogens is 240 g/mol. The molecule has 2 aromatic heterocycles. The fourth-order valence-electron chi connectivity index (χ4n) is 2.38. The molecule has 4 aromatic rings. The summed E-state index contributed by atoms with van der Waals surface area (Å²) in [5, 5.41) is 8.14. The highest BCUT2D eigenvalue weighted by molar-refractivity contribution is 5.88. The second-order valence-electron chi connectivity index (χ2n) is 4.38. The summed E-state index contributed by atoms with van der Waals surface area (Å²) in [5.74, 6) is 0.623. The molecule has 0 unspecified atom stereocenters. The number of H-pyrrole nitrogens is 2. The van der Waals surface area contributed by atoms with Gasteiger partial charge in [0, 0.05) is 5.39 Å². The number of aromatic amines is 2. The van der Waals surface area contributed by atoms with Crippen LogP contribution in [0.5, 0.6) is 0 Å². The molecule has 0 aliphatic heterocycles. The Labute approximate surface area is 107 Å². The van der Waals surface area contributed by atoms with Crippen LogP contribution >= 0.6 is 0 Å². The number of nitrogens with zero attached hydrogens (tertiary/aromatic N) is 2. The van der Waals surface area contributed by atoms with Gasteiger partial charge in [-0.1, -0.05) is 24.3 Å². The highest BCUT2D eigenvalue weighted by atomic mass is 16.1. The lowest BCUT2D eigenvalue weighted by Crippen LogP contribution is -2.15. The first-order chi connectivity index (χ1) is 9.34. The van der Waals surface area contributed by atoms with Crippen molar-refractivity contribution in [1.82, 2.24) is 19.7 Å². The number of aromatic nitrogens is 4. The monoisotopic (exact) mass is 250 g/mol. The molecule has 92 valence electrons. The molecule has 0 fully saturated rings. The van der Waals surface area contributed by atoms with E-state index in [4.69, 9.17) is 0 Å². The minimum Gasteiger partial charge on any atom is -0.305 e. The van der Waals surface area contributed by atoms with Crippen molar-refractivity contribution in [3.05, 3.63) is 59.0 Å². The molecule has 19 heavy (non-hydrogen) atoms. The molecule has 0 saturated heterocycles. The first-order valence-electron chi connectivity index (χ1n) is 5.98. The zero-order valence-electron chi connectivity index (χ0n) is 9.92. The molecule has 2 aromatic carbocycles. The Hall–Kier alpha value is -2.82. The highest BCUT2D eigenvalue weighted by Gasteiger charge is 2.13. The van der Waals surface area contributed by atoms with Gasteiger partial charge in [0.25, 0.3) is 0 Å². The van der Waals surface area contributed by atoms with Crippen molar-refractivity contribution in [1.29, 1.82) is 0 Å². The van der Waals surface area contributed by atoms with Crippen LogP contribution in [-0.2, 0) is 0 Å². The number of rotatable bonds is 1. The molecule has 5 nitrogen and oxygen atoms in total. The van der Waals surface area contributed by atoms with Gasteiger partial charge >= 0.3 is 5.69 Å². The molecule has 0 atom stereocenters. The lowest BCUT2D eigenvalue weighted by atomic mass is 10.2. The molecule has 0 bridgehead atoms. The van der Waals surface area contributed by atoms with E-state index in [0.29, 0.717) is 5.82 Å². The van der Waals surface area contributed by atoms with Crippen LogP contribution < -0.4 is 5.69 Å². The Balaban J connectivity index is 2.15. The second-order valence-corrected chi connectivity index (χ2v) is 4.38. The SMILES string of the molecule is O=c1[nH]c2ccccc2n1-c1n[nH]c2ccccc12. The van der Waals surface area contributed by atoms with Crippen molar-refractivity contribution < 1.29 is 0 Å². The van der Waals surface area contributed by atoms with E-state index in [1.807, 2.05) is 48.5 Å². The predicted octanol–water partition coefficient (Wildman–Crippen LogP) is 2.20. The van der Waals surface area contributed by atoms with Crippen molar-refractivity contribution in [2.75, 3.05) is 0 Å². The lowest BCUT2D eigenvalue weighted by Gasteiger charge is -1.99. The van der Waals surface area contributed by atoms with E-state index >= 15 is 0 Å². The Morgan fingerprint density at radius 2 is 1.68 bits per heavy atom. The summed E-state index contributed by atoms with van der Waals surface area (Å²) < 4.78 is 1.59. The van der Waals surface area contributed by atoms with E-state index in [-0.39, 0.29) is 5.69 Å². The van der Waals surface area contributed by atoms with E-state index in [9.17, 15) is 4.79 Å². The minimum absolute atomic E-state index is 0.182. The van der Waals surface area contributed by atoms with Crippen LogP contribution in [-0.4, -0.2) is 19.7 Å². The highest BCUT2D eigenvalue weighted by Crippen LogP contribution is 2.21. The fourth-order valence-corrected chi connectivity index (χ4v) is 2.38. The first-order valence-corrected chi connectivity index (χ1v) is 5.98. The van der Waals surface area contributed by atoms with Crippen LogP contribution in [0.2, 0.25) is 0 Å². The third kappa shape index (κ3) is 1.35. The number of hydrogen-bond donors (Lipinski definition) is 2. The molecule has 2 N–H and O–H groups in total. The largest absolute Gasteiger partial charge is 0.332 e. The number of nitrogens with one attached hydrogen (secondary N) is 2. The van der Waals surface area contributed by atoms with Gasteiger partial charge in [-0.25, -0.2) is 9.36 Å². The minimum atomic E-state index is -0.182. The van der Waals surface area contributed by atoms with Crippen LogP contribution in [0.4, 0.5) is 0 Å². The van der Waals surface area contributed by atoms with E-state index in [1.54, 1.807) is 4.57 Å². The number of imidazole rings is 1. The third-order valence-corrected chi connectivity index (χ3v) is 3.25. The predicted molar refractivity (Wildman–Crippen MR) is 73.5 cm³/mol. The molecule has 0 radical (unpaired) electrons. The molecule has 0 saturated carbocycles. The van der Waals surface area contributed by atoms with Gasteiger partial charge in [-0.05, 0) is 24.3 Å². The van der Waals surface area contributed by atoms with Gasteiger partial charge < -0.3 is 4.98 Å². The maximum Gasteiger partial charge on any atom is 0.332 e. The fraction of sp³-hybridized carbons (Fsp3) is 0. The zero-order valence-corrected chi connectivity index (χ0v) is 9.92. The first kappa shape index (κ1) is 10.1. The van der Waals surface area contributed by atoms with Gasteiger partial charge in [0.1, 0.15) is 0 Å². The second kappa shape index (κ2) is 3.58. The van der Waals surface area contributed by atoms with Crippen molar-refractivity contribution in [2.45, 2.75) is 0 Å². The molecule has 0 spiro atoms. The van der Waals surface area contributed by atoms with Crippen LogP contribution in [0.1, 0.15) is 0 Å². The lowest BCUT2D eigenvalue weighted by molar-refractivity contribution is 0.946. The van der Waals surface area contributed by atoms with Crippen molar-refractivity contribution in [2.24, 2.45) is 0 Å². The van der Waals surface area contributed by atoms with Crippen LogP contribution in [0.3, 0.4) is 0 Å². The van der Waals surface area contributed by atoms with Gasteiger partial charge in [-0.2, -0.15) is 5.10 Å². The topological polar surface area (TPSA) is 66.5 Å². The van der Waals surface area contributed by atoms with Crippen molar-refractivity contribution in [3.63, 3.8) is 0 Å². The summed E-state index contributed by atoms with van der Waals surface area (Å²) in [5.41, 5.74) is 2.36. The Bertz CT molecular complexity index is 945. The van der Waals surface area contributed by atoms with Gasteiger partial charge in [-0.3, -0.25) is 5.10 Å². The smallest absolute Gasteiger partial charge is 0.305 e. The van der Waals surface area contributed by atoms with E-state index in [2.05, 4.69) is 15.2 Å². The summed E-state index contributed by atoms with van der Waals surface area (Å²) in [6.45, 7) is 0. The number of benzene rings is 2. The summed E-state index contributed by atoms with van der Waals surface area (Å²) in [6, 6.07) is 15.3. The third-order valence-electron chi connectivity index (χ3n) is 3.25. The molecular formula is C14H10N4O. The summed E-state index contributed by atoms with van der Waals surface area (Å²) in [4.78, 5) is 15.0. The van der Waals surface area contributed by atoms with E-state index in [0.717, 1.165) is 21.9 Å². The van der Waals surface area contributed by atoms with Gasteiger partial charge in [0.2, 0.25) is 0 Å². The zero-order chi connectivity index (χ0) is 12.8. The molecule has 0 aliphatic carbocycles. The van der Waals surface area contributed by atoms with Crippen molar-refractivity contribution >= 4 is 21.9 Å². The van der Waals surface area contributed by atoms with Gasteiger partial charge in [0.05, 0.1) is 16.6 Å². The summed E-state index contributed by atoms with van der Waals surface area (Å²) >= 11 is 0. The van der Waals surface area contributed by atoms with Crippen LogP contribution in [0.25, 0.3) is 27.8 Å². The number of hydrogen-bond acceptors (Lipinski definition) is 2. The Morgan fingerprint density at radius 1 is 0.947 bits per heavy atom.